The number of carboxylic acids is 1. The Morgan fingerprint density at radius 3 is 2.81 bits per heavy atom. The van der Waals surface area contributed by atoms with E-state index in [1.54, 1.807) is 6.92 Å². The van der Waals surface area contributed by atoms with Gasteiger partial charge >= 0.3 is 12.1 Å². The molecule has 2 rings (SSSR count). The molecule has 0 spiro atoms. The number of alkyl halides is 3. The zero-order valence-corrected chi connectivity index (χ0v) is 11.1. The van der Waals surface area contributed by atoms with Crippen molar-refractivity contribution in [3.05, 3.63) is 24.2 Å². The molecule has 0 aliphatic heterocycles. The van der Waals surface area contributed by atoms with Crippen molar-refractivity contribution in [2.45, 2.75) is 19.5 Å². The maximum atomic E-state index is 12.6. The zero-order chi connectivity index (χ0) is 15.6. The number of carboxylic acid groups (broad SMARTS) is 1. The number of rotatable bonds is 5. The summed E-state index contributed by atoms with van der Waals surface area (Å²) in [5.74, 6) is -1.45. The molecule has 2 heterocycles. The number of carbonyl (C=O) groups is 1. The van der Waals surface area contributed by atoms with Gasteiger partial charge in [-0.05, 0) is 6.42 Å². The summed E-state index contributed by atoms with van der Waals surface area (Å²) in [4.78, 5) is 14.9. The number of nitrogens with one attached hydrogen (secondary N) is 1. The molecule has 0 radical (unpaired) electrons. The van der Waals surface area contributed by atoms with Gasteiger partial charge in [-0.1, -0.05) is 6.92 Å². The highest BCUT2D eigenvalue weighted by molar-refractivity contribution is 5.72. The molecule has 0 fully saturated rings. The summed E-state index contributed by atoms with van der Waals surface area (Å²) in [5, 5.41) is 15.1. The van der Waals surface area contributed by atoms with Crippen LogP contribution in [0.4, 0.5) is 19.0 Å². The van der Waals surface area contributed by atoms with E-state index in [4.69, 9.17) is 5.11 Å². The molecule has 1 atom stereocenters. The number of hydrogen-bond donors (Lipinski definition) is 2. The number of aromatic nitrogens is 3. The monoisotopic (exact) mass is 302 g/mol. The van der Waals surface area contributed by atoms with Crippen molar-refractivity contribution in [2.24, 2.45) is 5.92 Å². The van der Waals surface area contributed by atoms with Gasteiger partial charge in [0.15, 0.2) is 11.5 Å². The SMILES string of the molecule is CCC(CNc1nccn2nc(C(F)(F)F)cc12)C(=O)O. The molecule has 0 saturated heterocycles. The summed E-state index contributed by atoms with van der Waals surface area (Å²) in [6, 6.07) is 0.872. The topological polar surface area (TPSA) is 79.5 Å². The van der Waals surface area contributed by atoms with Crippen LogP contribution in [0.25, 0.3) is 5.52 Å². The second-order valence-electron chi connectivity index (χ2n) is 4.46. The Kier molecular flexibility index (Phi) is 4.01. The van der Waals surface area contributed by atoms with Gasteiger partial charge < -0.3 is 10.4 Å². The van der Waals surface area contributed by atoms with E-state index in [-0.39, 0.29) is 17.9 Å². The minimum atomic E-state index is -4.55. The normalized spacial score (nSPS) is 13.3. The van der Waals surface area contributed by atoms with E-state index in [2.05, 4.69) is 15.4 Å². The van der Waals surface area contributed by atoms with Crippen molar-refractivity contribution in [2.75, 3.05) is 11.9 Å². The molecular formula is C12H13F3N4O2. The predicted octanol–water partition coefficient (Wildman–Crippen LogP) is 2.27. The molecule has 0 amide bonds. The van der Waals surface area contributed by atoms with E-state index in [0.717, 1.165) is 10.6 Å². The van der Waals surface area contributed by atoms with Crippen LogP contribution in [0.2, 0.25) is 0 Å². The van der Waals surface area contributed by atoms with Crippen LogP contribution in [0.15, 0.2) is 18.5 Å². The van der Waals surface area contributed by atoms with E-state index < -0.39 is 23.8 Å². The fraction of sp³-hybridized carbons (Fsp3) is 0.417. The minimum absolute atomic E-state index is 0.0744. The van der Waals surface area contributed by atoms with Gasteiger partial charge in [0.05, 0.1) is 5.92 Å². The largest absolute Gasteiger partial charge is 0.481 e. The minimum Gasteiger partial charge on any atom is -0.481 e. The predicted molar refractivity (Wildman–Crippen MR) is 67.9 cm³/mol. The smallest absolute Gasteiger partial charge is 0.435 e. The fourth-order valence-corrected chi connectivity index (χ4v) is 1.82. The summed E-state index contributed by atoms with van der Waals surface area (Å²) in [6.45, 7) is 1.79. The molecule has 114 valence electrons. The Labute approximate surface area is 117 Å². The van der Waals surface area contributed by atoms with Crippen molar-refractivity contribution in [1.82, 2.24) is 14.6 Å². The summed E-state index contributed by atoms with van der Waals surface area (Å²) in [6.07, 6.45) is -1.55. The summed E-state index contributed by atoms with van der Waals surface area (Å²) >= 11 is 0. The van der Waals surface area contributed by atoms with Gasteiger partial charge in [-0.2, -0.15) is 18.3 Å². The molecule has 6 nitrogen and oxygen atoms in total. The third kappa shape index (κ3) is 3.23. The van der Waals surface area contributed by atoms with Gasteiger partial charge in [-0.15, -0.1) is 0 Å². The van der Waals surface area contributed by atoms with Crippen molar-refractivity contribution < 1.29 is 23.1 Å². The van der Waals surface area contributed by atoms with Crippen LogP contribution in [-0.2, 0) is 11.0 Å². The lowest BCUT2D eigenvalue weighted by atomic mass is 10.1. The second kappa shape index (κ2) is 5.58. The number of nitrogens with zero attached hydrogens (tertiary/aromatic N) is 3. The van der Waals surface area contributed by atoms with Crippen LogP contribution in [0.1, 0.15) is 19.0 Å². The first kappa shape index (κ1) is 15.1. The average Bonchev–Trinajstić information content (AvgIpc) is 2.83. The third-order valence-electron chi connectivity index (χ3n) is 3.04. The standard InChI is InChI=1S/C12H13F3N4O2/c1-2-7(11(20)21)6-17-10-8-5-9(12(13,14)15)18-19(8)4-3-16-10/h3-5,7H,2,6H2,1H3,(H,16,17)(H,20,21). The molecule has 1 unspecified atom stereocenters. The Balaban J connectivity index is 2.28. The first-order valence-electron chi connectivity index (χ1n) is 6.21. The molecule has 2 aromatic heterocycles. The Hall–Kier alpha value is -2.32. The van der Waals surface area contributed by atoms with Crippen LogP contribution in [-0.4, -0.2) is 32.2 Å². The van der Waals surface area contributed by atoms with E-state index in [1.807, 2.05) is 0 Å². The number of anilines is 1. The number of aliphatic carboxylic acids is 1. The Bertz CT molecular complexity index is 653. The molecule has 0 aromatic carbocycles. The highest BCUT2D eigenvalue weighted by Crippen LogP contribution is 2.30. The molecule has 2 aromatic rings. The van der Waals surface area contributed by atoms with E-state index in [9.17, 15) is 18.0 Å². The number of fused-ring (bicyclic) bond motifs is 1. The first-order valence-corrected chi connectivity index (χ1v) is 6.21. The average molecular weight is 302 g/mol. The first-order chi connectivity index (χ1) is 9.82. The van der Waals surface area contributed by atoms with Crippen LogP contribution < -0.4 is 5.32 Å². The Morgan fingerprint density at radius 2 is 2.24 bits per heavy atom. The van der Waals surface area contributed by atoms with Crippen LogP contribution in [0.5, 0.6) is 0 Å². The van der Waals surface area contributed by atoms with Crippen molar-refractivity contribution in [1.29, 1.82) is 0 Å². The van der Waals surface area contributed by atoms with E-state index >= 15 is 0 Å². The molecule has 21 heavy (non-hydrogen) atoms. The van der Waals surface area contributed by atoms with E-state index in [0.29, 0.717) is 6.42 Å². The molecule has 0 aliphatic carbocycles. The molecule has 0 aliphatic rings. The van der Waals surface area contributed by atoms with Gasteiger partial charge in [-0.3, -0.25) is 4.79 Å². The third-order valence-corrected chi connectivity index (χ3v) is 3.04. The van der Waals surface area contributed by atoms with Gasteiger partial charge in [0.2, 0.25) is 0 Å². The van der Waals surface area contributed by atoms with Gasteiger partial charge in [-0.25, -0.2) is 9.50 Å². The maximum Gasteiger partial charge on any atom is 0.435 e. The van der Waals surface area contributed by atoms with Crippen LogP contribution in [0, 0.1) is 5.92 Å². The molecule has 2 N–H and O–H groups in total. The van der Waals surface area contributed by atoms with Crippen molar-refractivity contribution in [3.8, 4) is 0 Å². The lowest BCUT2D eigenvalue weighted by molar-refractivity contribution is -0.142. The van der Waals surface area contributed by atoms with Gasteiger partial charge in [0, 0.05) is 25.0 Å². The highest BCUT2D eigenvalue weighted by Gasteiger charge is 2.34. The van der Waals surface area contributed by atoms with E-state index in [1.165, 1.54) is 12.4 Å². The quantitative estimate of drug-likeness (QED) is 0.885. The number of halogens is 3. The second-order valence-corrected chi connectivity index (χ2v) is 4.46. The van der Waals surface area contributed by atoms with Crippen molar-refractivity contribution in [3.63, 3.8) is 0 Å². The highest BCUT2D eigenvalue weighted by atomic mass is 19.4. The van der Waals surface area contributed by atoms with Crippen LogP contribution >= 0.6 is 0 Å². The lowest BCUT2D eigenvalue weighted by Crippen LogP contribution is -2.22. The molecule has 9 heteroatoms. The van der Waals surface area contributed by atoms with Crippen molar-refractivity contribution >= 4 is 17.3 Å². The molecule has 0 bridgehead atoms. The molecular weight excluding hydrogens is 289 g/mol. The number of hydrogen-bond acceptors (Lipinski definition) is 4. The van der Waals surface area contributed by atoms with Crippen LogP contribution in [0.3, 0.4) is 0 Å². The van der Waals surface area contributed by atoms with Gasteiger partial charge in [0.25, 0.3) is 0 Å². The summed E-state index contributed by atoms with van der Waals surface area (Å²) in [7, 11) is 0. The Morgan fingerprint density at radius 1 is 1.52 bits per heavy atom. The van der Waals surface area contributed by atoms with Gasteiger partial charge in [0.1, 0.15) is 5.52 Å². The fourth-order valence-electron chi connectivity index (χ4n) is 1.82. The maximum absolute atomic E-state index is 12.6. The molecule has 0 saturated carbocycles. The zero-order valence-electron chi connectivity index (χ0n) is 11.1. The summed E-state index contributed by atoms with van der Waals surface area (Å²) in [5.41, 5.74) is -0.881. The summed E-state index contributed by atoms with van der Waals surface area (Å²) < 4.78 is 39.0. The lowest BCUT2D eigenvalue weighted by Gasteiger charge is -2.11.